The number of aromatic carboxylic acids is 1. The number of carboxylic acids is 1. The first-order chi connectivity index (χ1) is 8.61. The van der Waals surface area contributed by atoms with Crippen molar-refractivity contribution >= 4 is 17.3 Å². The van der Waals surface area contributed by atoms with Gasteiger partial charge >= 0.3 is 5.97 Å². The summed E-state index contributed by atoms with van der Waals surface area (Å²) < 4.78 is 0. The zero-order valence-corrected chi connectivity index (χ0v) is 11.3. The van der Waals surface area contributed by atoms with E-state index < -0.39 is 5.97 Å². The Morgan fingerprint density at radius 3 is 2.83 bits per heavy atom. The summed E-state index contributed by atoms with van der Waals surface area (Å²) in [7, 11) is 0. The lowest BCUT2D eigenvalue weighted by Gasteiger charge is -2.00. The molecule has 94 valence electrons. The van der Waals surface area contributed by atoms with Gasteiger partial charge in [-0.15, -0.1) is 11.3 Å². The first-order valence-corrected chi connectivity index (χ1v) is 6.73. The van der Waals surface area contributed by atoms with Crippen LogP contribution in [-0.4, -0.2) is 16.1 Å². The van der Waals surface area contributed by atoms with Gasteiger partial charge in [-0.3, -0.25) is 0 Å². The molecular formula is C14H15NO2S. The molecule has 3 nitrogen and oxygen atoms in total. The maximum absolute atomic E-state index is 11.3. The topological polar surface area (TPSA) is 50.2 Å². The molecule has 1 N–H and O–H groups in total. The summed E-state index contributed by atoms with van der Waals surface area (Å²) in [6, 6.07) is 7.79. The second-order valence-corrected chi connectivity index (χ2v) is 5.29. The van der Waals surface area contributed by atoms with Crippen LogP contribution >= 0.6 is 11.3 Å². The minimum absolute atomic E-state index is 0.337. The number of nitrogens with zero attached hydrogens (tertiary/aromatic N) is 1. The molecule has 4 heteroatoms. The van der Waals surface area contributed by atoms with Crippen molar-refractivity contribution < 1.29 is 9.90 Å². The quantitative estimate of drug-likeness (QED) is 0.911. The number of carbonyl (C=O) groups is 1. The molecule has 2 aromatic rings. The molecule has 0 aliphatic heterocycles. The highest BCUT2D eigenvalue weighted by atomic mass is 32.1. The van der Waals surface area contributed by atoms with Gasteiger partial charge in [0.2, 0.25) is 0 Å². The van der Waals surface area contributed by atoms with Crippen LogP contribution in [0.2, 0.25) is 0 Å². The number of aromatic nitrogens is 1. The fraction of sp³-hybridized carbons (Fsp3) is 0.286. The van der Waals surface area contributed by atoms with E-state index in [0.29, 0.717) is 10.6 Å². The van der Waals surface area contributed by atoms with E-state index in [2.05, 4.69) is 11.9 Å². The van der Waals surface area contributed by atoms with Crippen LogP contribution < -0.4 is 0 Å². The van der Waals surface area contributed by atoms with Crippen LogP contribution in [0.25, 0.3) is 11.3 Å². The van der Waals surface area contributed by atoms with Crippen LogP contribution in [-0.2, 0) is 6.42 Å². The van der Waals surface area contributed by atoms with Crippen molar-refractivity contribution in [3.05, 3.63) is 39.7 Å². The summed E-state index contributed by atoms with van der Waals surface area (Å²) in [4.78, 5) is 16.1. The van der Waals surface area contributed by atoms with Gasteiger partial charge in [0.15, 0.2) is 0 Å². The second-order valence-electron chi connectivity index (χ2n) is 4.21. The van der Waals surface area contributed by atoms with E-state index in [0.717, 1.165) is 29.0 Å². The molecule has 0 fully saturated rings. The van der Waals surface area contributed by atoms with Crippen LogP contribution in [0.3, 0.4) is 0 Å². The van der Waals surface area contributed by atoms with Gasteiger partial charge in [0.25, 0.3) is 0 Å². The van der Waals surface area contributed by atoms with Gasteiger partial charge in [0, 0.05) is 5.56 Å². The third kappa shape index (κ3) is 2.59. The van der Waals surface area contributed by atoms with E-state index in [4.69, 9.17) is 0 Å². The highest BCUT2D eigenvalue weighted by Crippen LogP contribution is 2.29. The molecule has 0 amide bonds. The van der Waals surface area contributed by atoms with Gasteiger partial charge in [0.05, 0.1) is 10.7 Å². The van der Waals surface area contributed by atoms with Crippen molar-refractivity contribution in [3.63, 3.8) is 0 Å². The van der Waals surface area contributed by atoms with Gasteiger partial charge in [-0.25, -0.2) is 9.78 Å². The molecule has 18 heavy (non-hydrogen) atoms. The zero-order chi connectivity index (χ0) is 13.1. The van der Waals surface area contributed by atoms with E-state index in [1.165, 1.54) is 11.3 Å². The maximum Gasteiger partial charge on any atom is 0.348 e. The fourth-order valence-electron chi connectivity index (χ4n) is 1.82. The van der Waals surface area contributed by atoms with Crippen molar-refractivity contribution in [2.45, 2.75) is 26.7 Å². The van der Waals surface area contributed by atoms with Crippen molar-refractivity contribution in [3.8, 4) is 11.3 Å². The lowest BCUT2D eigenvalue weighted by Crippen LogP contribution is -1.95. The lowest BCUT2D eigenvalue weighted by atomic mass is 10.1. The Bertz CT molecular complexity index is 575. The van der Waals surface area contributed by atoms with E-state index >= 15 is 0 Å². The molecule has 1 aromatic heterocycles. The van der Waals surface area contributed by atoms with Gasteiger partial charge in [-0.2, -0.15) is 0 Å². The smallest absolute Gasteiger partial charge is 0.348 e. The summed E-state index contributed by atoms with van der Waals surface area (Å²) in [5.74, 6) is -0.897. The summed E-state index contributed by atoms with van der Waals surface area (Å²) in [5.41, 5.74) is 2.58. The van der Waals surface area contributed by atoms with Gasteiger partial charge in [0.1, 0.15) is 4.88 Å². The Labute approximate surface area is 110 Å². The molecule has 0 bridgehead atoms. The molecule has 0 unspecified atom stereocenters. The maximum atomic E-state index is 11.3. The Kier molecular flexibility index (Phi) is 3.77. The first-order valence-electron chi connectivity index (χ1n) is 5.92. The number of thiazole rings is 1. The van der Waals surface area contributed by atoms with Gasteiger partial charge in [-0.1, -0.05) is 30.7 Å². The number of carboxylic acid groups (broad SMARTS) is 1. The van der Waals surface area contributed by atoms with Crippen LogP contribution in [0.15, 0.2) is 24.3 Å². The number of hydrogen-bond acceptors (Lipinski definition) is 3. The molecule has 0 aliphatic carbocycles. The van der Waals surface area contributed by atoms with E-state index in [1.807, 2.05) is 31.2 Å². The summed E-state index contributed by atoms with van der Waals surface area (Å²) in [6.45, 7) is 4.05. The number of aryl methyl sites for hydroxylation is 2. The Morgan fingerprint density at radius 1 is 1.44 bits per heavy atom. The van der Waals surface area contributed by atoms with E-state index in [-0.39, 0.29) is 0 Å². The Balaban J connectivity index is 2.51. The predicted octanol–water partition coefficient (Wildman–Crippen LogP) is 3.77. The van der Waals surface area contributed by atoms with Crippen molar-refractivity contribution in [2.75, 3.05) is 0 Å². The average Bonchev–Trinajstić information content (AvgIpc) is 2.74. The molecule has 0 saturated heterocycles. The van der Waals surface area contributed by atoms with Gasteiger partial charge in [-0.05, 0) is 25.8 Å². The first kappa shape index (κ1) is 12.8. The average molecular weight is 261 g/mol. The molecule has 0 aliphatic rings. The number of benzene rings is 1. The molecule has 0 atom stereocenters. The van der Waals surface area contributed by atoms with Crippen molar-refractivity contribution in [1.82, 2.24) is 4.98 Å². The zero-order valence-electron chi connectivity index (χ0n) is 10.4. The lowest BCUT2D eigenvalue weighted by molar-refractivity contribution is 0.0702. The molecule has 1 aromatic carbocycles. The van der Waals surface area contributed by atoms with Crippen molar-refractivity contribution in [1.29, 1.82) is 0 Å². The summed E-state index contributed by atoms with van der Waals surface area (Å²) in [6.07, 6.45) is 1.80. The summed E-state index contributed by atoms with van der Waals surface area (Å²) >= 11 is 1.28. The molecule has 2 rings (SSSR count). The molecule has 0 saturated carbocycles. The number of rotatable bonds is 4. The standard InChI is InChI=1S/C14H15NO2S/c1-3-5-11-15-12(13(18-11)14(16)17)10-7-4-6-9(2)8-10/h4,6-8H,3,5H2,1-2H3,(H,16,17). The normalized spacial score (nSPS) is 10.6. The van der Waals surface area contributed by atoms with Crippen LogP contribution in [0.5, 0.6) is 0 Å². The molecule has 0 radical (unpaired) electrons. The summed E-state index contributed by atoms with van der Waals surface area (Å²) in [5, 5.41) is 10.1. The SMILES string of the molecule is CCCc1nc(-c2cccc(C)c2)c(C(=O)O)s1. The Morgan fingerprint density at radius 2 is 2.22 bits per heavy atom. The molecule has 1 heterocycles. The fourth-order valence-corrected chi connectivity index (χ4v) is 2.84. The highest BCUT2D eigenvalue weighted by molar-refractivity contribution is 7.14. The Hall–Kier alpha value is -1.68. The van der Waals surface area contributed by atoms with Crippen LogP contribution in [0.4, 0.5) is 0 Å². The molecule has 0 spiro atoms. The predicted molar refractivity (Wildman–Crippen MR) is 73.2 cm³/mol. The minimum Gasteiger partial charge on any atom is -0.477 e. The third-order valence-electron chi connectivity index (χ3n) is 2.62. The third-order valence-corrected chi connectivity index (χ3v) is 3.72. The minimum atomic E-state index is -0.897. The van der Waals surface area contributed by atoms with E-state index in [9.17, 15) is 9.90 Å². The largest absolute Gasteiger partial charge is 0.477 e. The monoisotopic (exact) mass is 261 g/mol. The van der Waals surface area contributed by atoms with Gasteiger partial charge < -0.3 is 5.11 Å². The van der Waals surface area contributed by atoms with Crippen molar-refractivity contribution in [2.24, 2.45) is 0 Å². The highest BCUT2D eigenvalue weighted by Gasteiger charge is 2.18. The van der Waals surface area contributed by atoms with Crippen LogP contribution in [0.1, 0.15) is 33.6 Å². The van der Waals surface area contributed by atoms with Crippen LogP contribution in [0, 0.1) is 6.92 Å². The second kappa shape index (κ2) is 5.31. The van der Waals surface area contributed by atoms with E-state index in [1.54, 1.807) is 0 Å². The molecular weight excluding hydrogens is 246 g/mol. The number of hydrogen-bond donors (Lipinski definition) is 1.